The molecule has 1 saturated heterocycles. The molecule has 2 N–H and O–H groups in total. The van der Waals surface area contributed by atoms with Crippen LogP contribution in [0.25, 0.3) is 11.6 Å². The molecule has 7 nitrogen and oxygen atoms in total. The lowest BCUT2D eigenvalue weighted by atomic mass is 9.54. The summed E-state index contributed by atoms with van der Waals surface area (Å²) in [4.78, 5) is 33.6. The number of hydrogen-bond donors (Lipinski definition) is 2. The van der Waals surface area contributed by atoms with Crippen molar-refractivity contribution in [2.45, 2.75) is 57.5 Å². The molecule has 0 radical (unpaired) electrons. The molecule has 4 aromatic carbocycles. The Labute approximate surface area is 336 Å². The van der Waals surface area contributed by atoms with Crippen LogP contribution in [0, 0.1) is 17.8 Å². The van der Waals surface area contributed by atoms with Gasteiger partial charge in [-0.1, -0.05) is 124 Å². The molecule has 2 heterocycles. The minimum atomic E-state index is -3.00. The number of aromatic hydroxyl groups is 1. The summed E-state index contributed by atoms with van der Waals surface area (Å²) in [5, 5.41) is 23.7. The molecule has 1 fully saturated rings. The first kappa shape index (κ1) is 38.7. The number of benzene rings is 4. The van der Waals surface area contributed by atoms with Gasteiger partial charge >= 0.3 is 7.12 Å². The molecule has 4 atom stereocenters. The van der Waals surface area contributed by atoms with Crippen LogP contribution in [0.3, 0.4) is 0 Å². The second-order valence-electron chi connectivity index (χ2n) is 16.6. The molecule has 5 aromatic rings. The Kier molecular flexibility index (Phi) is 10.8. The largest absolute Gasteiger partial charge is 0.508 e. The number of aromatic nitrogens is 1. The van der Waals surface area contributed by atoms with Crippen LogP contribution in [0.4, 0.5) is 0 Å². The van der Waals surface area contributed by atoms with E-state index in [0.29, 0.717) is 30.4 Å². The van der Waals surface area contributed by atoms with E-state index in [0.717, 1.165) is 38.4 Å². The third-order valence-electron chi connectivity index (χ3n) is 12.1. The molecular weight excluding hydrogens is 725 g/mol. The lowest BCUT2D eigenvalue weighted by Crippen LogP contribution is -2.66. The SMILES string of the molecule is CC(C)(C)[Si](OCC1=C2[C@@H](CC/C(=C/c3cccc(O)c3)c3ccccn3)OB(O)C[C@@H]2[C@@H]2C(=O)c3ccccc3C(=O)[C@@H]2C1)(c1ccccc1)c1ccccc1. The number of phenols is 1. The van der Waals surface area contributed by atoms with E-state index in [1.165, 1.54) is 0 Å². The Bertz CT molecular complexity index is 2280. The van der Waals surface area contributed by atoms with Crippen LogP contribution in [0.2, 0.25) is 11.4 Å². The molecule has 0 amide bonds. The number of carbonyl (C=O) groups is 2. The van der Waals surface area contributed by atoms with Crippen LogP contribution < -0.4 is 10.4 Å². The fourth-order valence-electron chi connectivity index (χ4n) is 9.69. The first-order valence-electron chi connectivity index (χ1n) is 19.9. The smallest absolute Gasteiger partial charge is 0.455 e. The molecule has 0 spiro atoms. The number of carbonyl (C=O) groups excluding carboxylic acids is 2. The third-order valence-corrected chi connectivity index (χ3v) is 17.1. The topological polar surface area (TPSA) is 106 Å². The minimum Gasteiger partial charge on any atom is -0.508 e. The molecule has 1 aromatic heterocycles. The third kappa shape index (κ3) is 7.41. The maximum atomic E-state index is 14.5. The summed E-state index contributed by atoms with van der Waals surface area (Å²) in [7, 11) is -4.12. The van der Waals surface area contributed by atoms with Crippen molar-refractivity contribution in [1.29, 1.82) is 0 Å². The monoisotopic (exact) mass is 773 g/mol. The molecule has 0 saturated carbocycles. The summed E-state index contributed by atoms with van der Waals surface area (Å²) >= 11 is 0. The fourth-order valence-corrected chi connectivity index (χ4v) is 14.2. The predicted molar refractivity (Wildman–Crippen MR) is 228 cm³/mol. The van der Waals surface area contributed by atoms with Gasteiger partial charge < -0.3 is 19.2 Å². The highest BCUT2D eigenvalue weighted by Crippen LogP contribution is 2.51. The summed E-state index contributed by atoms with van der Waals surface area (Å²) in [5.74, 6) is -1.49. The van der Waals surface area contributed by atoms with Crippen molar-refractivity contribution in [3.63, 3.8) is 0 Å². The van der Waals surface area contributed by atoms with E-state index in [2.05, 4.69) is 74.3 Å². The van der Waals surface area contributed by atoms with Crippen LogP contribution in [0.5, 0.6) is 5.75 Å². The average Bonchev–Trinajstić information content (AvgIpc) is 3.22. The summed E-state index contributed by atoms with van der Waals surface area (Å²) in [6, 6.07) is 41.1. The zero-order valence-electron chi connectivity index (χ0n) is 32.7. The van der Waals surface area contributed by atoms with Crippen molar-refractivity contribution in [2.24, 2.45) is 17.8 Å². The van der Waals surface area contributed by atoms with Crippen LogP contribution in [-0.4, -0.2) is 54.8 Å². The van der Waals surface area contributed by atoms with Crippen molar-refractivity contribution in [3.8, 4) is 5.75 Å². The van der Waals surface area contributed by atoms with E-state index in [4.69, 9.17) is 9.08 Å². The molecule has 57 heavy (non-hydrogen) atoms. The summed E-state index contributed by atoms with van der Waals surface area (Å²) < 4.78 is 14.0. The number of phenolic OH excluding ortho intramolecular Hbond substituents is 1. The predicted octanol–water partition coefficient (Wildman–Crippen LogP) is 8.19. The molecule has 2 aliphatic carbocycles. The molecule has 9 heteroatoms. The van der Waals surface area contributed by atoms with Gasteiger partial charge in [0.15, 0.2) is 11.6 Å². The van der Waals surface area contributed by atoms with Crippen LogP contribution in [0.1, 0.15) is 72.0 Å². The Morgan fingerprint density at radius 1 is 0.842 bits per heavy atom. The quantitative estimate of drug-likeness (QED) is 0.109. The van der Waals surface area contributed by atoms with Gasteiger partial charge in [-0.15, -0.1) is 0 Å². The van der Waals surface area contributed by atoms with E-state index in [9.17, 15) is 19.7 Å². The highest BCUT2D eigenvalue weighted by Gasteiger charge is 2.55. The molecule has 0 bridgehead atoms. The van der Waals surface area contributed by atoms with E-state index in [1.54, 1.807) is 30.5 Å². The first-order valence-corrected chi connectivity index (χ1v) is 21.8. The van der Waals surface area contributed by atoms with Crippen LogP contribution in [0.15, 0.2) is 145 Å². The highest BCUT2D eigenvalue weighted by atomic mass is 28.4. The van der Waals surface area contributed by atoms with Gasteiger partial charge in [-0.25, -0.2) is 0 Å². The van der Waals surface area contributed by atoms with Crippen molar-refractivity contribution in [3.05, 3.63) is 167 Å². The number of pyridine rings is 1. The standard InChI is InChI=1S/C48H48BNO6Si/c1-48(2,3)57(36-17-6-4-7-18-36,37-19-8-5-9-20-37)55-31-34-29-40-45(47(53)39-22-11-10-21-38(39)46(40)52)41-30-49(54)56-43(44(34)41)25-24-33(42-23-12-13-26-50-42)27-32-15-14-16-35(51)28-32/h4-23,26-28,40-41,43,45,51,54H,24-25,29-31H2,1-3H3/b33-27-/t40-,41+,43-,45-/m1/s1. The van der Waals surface area contributed by atoms with Gasteiger partial charge in [0.25, 0.3) is 8.32 Å². The van der Waals surface area contributed by atoms with E-state index < -0.39 is 39.3 Å². The van der Waals surface area contributed by atoms with E-state index in [-0.39, 0.29) is 35.3 Å². The van der Waals surface area contributed by atoms with Crippen LogP contribution >= 0.6 is 0 Å². The second kappa shape index (κ2) is 16.0. The second-order valence-corrected chi connectivity index (χ2v) is 20.9. The molecule has 1 aliphatic heterocycles. The van der Waals surface area contributed by atoms with Gasteiger partial charge in [0.1, 0.15) is 5.75 Å². The average molecular weight is 774 g/mol. The van der Waals surface area contributed by atoms with Gasteiger partial charge in [-0.2, -0.15) is 0 Å². The minimum absolute atomic E-state index is 0.0267. The maximum absolute atomic E-state index is 14.5. The van der Waals surface area contributed by atoms with E-state index >= 15 is 0 Å². The lowest BCUT2D eigenvalue weighted by molar-refractivity contribution is 0.0592. The number of fused-ring (bicyclic) bond motifs is 4. The Balaban J connectivity index is 1.24. The van der Waals surface area contributed by atoms with Crippen molar-refractivity contribution in [2.75, 3.05) is 6.61 Å². The molecular formula is C48H48BNO6Si. The van der Waals surface area contributed by atoms with Gasteiger partial charge in [0.2, 0.25) is 0 Å². The normalized spacial score (nSPS) is 21.2. The summed E-state index contributed by atoms with van der Waals surface area (Å²) in [5.41, 5.74) is 5.45. The Morgan fingerprint density at radius 2 is 1.49 bits per heavy atom. The van der Waals surface area contributed by atoms with Crippen molar-refractivity contribution >= 4 is 49.0 Å². The first-order chi connectivity index (χ1) is 27.5. The zero-order chi connectivity index (χ0) is 39.7. The van der Waals surface area contributed by atoms with Gasteiger partial charge in [0.05, 0.1) is 18.4 Å². The summed E-state index contributed by atoms with van der Waals surface area (Å²) in [6.07, 6.45) is 4.84. The number of rotatable bonds is 10. The molecule has 288 valence electrons. The molecule has 0 unspecified atom stereocenters. The fraction of sp³-hybridized carbons (Fsp3) is 0.271. The Hall–Kier alpha value is -5.19. The summed E-state index contributed by atoms with van der Waals surface area (Å²) in [6.45, 7) is 7.00. The number of nitrogens with zero attached hydrogens (tertiary/aromatic N) is 1. The molecule has 3 aliphatic rings. The number of allylic oxidation sites excluding steroid dienone is 1. The zero-order valence-corrected chi connectivity index (χ0v) is 33.7. The Morgan fingerprint density at radius 3 is 2.12 bits per heavy atom. The van der Waals surface area contributed by atoms with Crippen molar-refractivity contribution in [1.82, 2.24) is 4.98 Å². The van der Waals surface area contributed by atoms with Gasteiger partial charge in [-0.3, -0.25) is 14.6 Å². The maximum Gasteiger partial charge on any atom is 0.455 e. The highest BCUT2D eigenvalue weighted by molar-refractivity contribution is 6.99. The number of Topliss-reactive ketones (excluding diaryl/α,β-unsaturated/α-hetero) is 2. The van der Waals surface area contributed by atoms with Crippen molar-refractivity contribution < 1.29 is 28.8 Å². The lowest BCUT2D eigenvalue weighted by Gasteiger charge is -2.48. The number of ketones is 2. The van der Waals surface area contributed by atoms with Crippen LogP contribution in [-0.2, 0) is 9.08 Å². The van der Waals surface area contributed by atoms with E-state index in [1.807, 2.05) is 60.7 Å². The number of hydrogen-bond acceptors (Lipinski definition) is 7. The van der Waals surface area contributed by atoms with Gasteiger partial charge in [0, 0.05) is 29.2 Å². The molecule has 8 rings (SSSR count). The van der Waals surface area contributed by atoms with Gasteiger partial charge in [-0.05, 0) is 99.5 Å².